The van der Waals surface area contributed by atoms with Crippen molar-refractivity contribution < 1.29 is 17.9 Å². The van der Waals surface area contributed by atoms with Crippen molar-refractivity contribution in [3.05, 3.63) is 45.7 Å². The van der Waals surface area contributed by atoms with Crippen LogP contribution in [-0.2, 0) is 12.5 Å². The maximum atomic E-state index is 13.7. The fraction of sp³-hybridized carbons (Fsp3) is 0.235. The summed E-state index contributed by atoms with van der Waals surface area (Å²) in [5.74, 6) is -3.69. The molecular weight excluding hydrogens is 377 g/mol. The molecule has 148 valence electrons. The van der Waals surface area contributed by atoms with Crippen LogP contribution in [0.3, 0.4) is 0 Å². The molecule has 1 aromatic carbocycles. The number of ether oxygens (including phenoxy) is 1. The number of nitrogens with two attached hydrogens (primary N) is 2. The summed E-state index contributed by atoms with van der Waals surface area (Å²) in [7, 11) is 1.30. The van der Waals surface area contributed by atoms with Crippen LogP contribution >= 0.6 is 0 Å². The molecule has 6 N–H and O–H groups in total. The number of H-pyrrole nitrogens is 1. The third-order valence-electron chi connectivity index (χ3n) is 4.07. The summed E-state index contributed by atoms with van der Waals surface area (Å²) < 4.78 is 45.1. The van der Waals surface area contributed by atoms with Crippen molar-refractivity contribution in [2.24, 2.45) is 0 Å². The molecule has 0 amide bonds. The average molecular weight is 394 g/mol. The van der Waals surface area contributed by atoms with E-state index in [0.717, 1.165) is 12.1 Å². The average Bonchev–Trinajstić information content (AvgIpc) is 2.66. The topological polar surface area (TPSA) is 132 Å². The Bertz CT molecular complexity index is 1090. The Balaban J connectivity index is 1.93. The Labute approximate surface area is 156 Å². The van der Waals surface area contributed by atoms with Gasteiger partial charge in [0.2, 0.25) is 5.95 Å². The fourth-order valence-electron chi connectivity index (χ4n) is 2.64. The standard InChI is InChI=1S/C17H17F3N6O2/c1-28-11-3-9(17(19,20)7-18)2-10(4-11)23-5-8-6-24-15-12(13(8)27)14(21)25-16(22)26-15/h2-4,6,23H,5,7H2,1H3,(H5,21,22,24,25,26,27). The molecule has 8 nitrogen and oxygen atoms in total. The van der Waals surface area contributed by atoms with Crippen molar-refractivity contribution in [3.8, 4) is 5.75 Å². The summed E-state index contributed by atoms with van der Waals surface area (Å²) in [5.41, 5.74) is 10.9. The third kappa shape index (κ3) is 3.63. The quantitative estimate of drug-likeness (QED) is 0.504. The van der Waals surface area contributed by atoms with Gasteiger partial charge < -0.3 is 26.5 Å². The van der Waals surface area contributed by atoms with Gasteiger partial charge in [-0.05, 0) is 12.1 Å². The molecule has 0 bridgehead atoms. The molecule has 0 radical (unpaired) electrons. The van der Waals surface area contributed by atoms with Crippen molar-refractivity contribution >= 4 is 28.5 Å². The first-order valence-electron chi connectivity index (χ1n) is 8.05. The second-order valence-electron chi connectivity index (χ2n) is 5.98. The van der Waals surface area contributed by atoms with Gasteiger partial charge in [0.25, 0.3) is 0 Å². The summed E-state index contributed by atoms with van der Waals surface area (Å²) >= 11 is 0. The number of hydrogen-bond donors (Lipinski definition) is 4. The molecule has 0 aliphatic carbocycles. The largest absolute Gasteiger partial charge is 0.497 e. The maximum absolute atomic E-state index is 13.7. The van der Waals surface area contributed by atoms with E-state index in [4.69, 9.17) is 16.2 Å². The monoisotopic (exact) mass is 394 g/mol. The molecule has 3 rings (SSSR count). The third-order valence-corrected chi connectivity index (χ3v) is 4.07. The lowest BCUT2D eigenvalue weighted by atomic mass is 10.1. The Morgan fingerprint density at radius 2 is 2.00 bits per heavy atom. The number of nitrogens with zero attached hydrogens (tertiary/aromatic N) is 2. The first-order chi connectivity index (χ1) is 13.2. The van der Waals surface area contributed by atoms with Gasteiger partial charge in [0.1, 0.15) is 22.6 Å². The van der Waals surface area contributed by atoms with Gasteiger partial charge in [-0.2, -0.15) is 18.7 Å². The van der Waals surface area contributed by atoms with Crippen LogP contribution in [0.2, 0.25) is 0 Å². The zero-order chi connectivity index (χ0) is 20.5. The lowest BCUT2D eigenvalue weighted by Crippen LogP contribution is -2.18. The smallest absolute Gasteiger partial charge is 0.301 e. The predicted molar refractivity (Wildman–Crippen MR) is 99.2 cm³/mol. The lowest BCUT2D eigenvalue weighted by molar-refractivity contribution is -0.0281. The Morgan fingerprint density at radius 1 is 1.25 bits per heavy atom. The van der Waals surface area contributed by atoms with E-state index in [0.29, 0.717) is 0 Å². The highest BCUT2D eigenvalue weighted by Gasteiger charge is 2.32. The van der Waals surface area contributed by atoms with Crippen molar-refractivity contribution in [2.75, 3.05) is 30.6 Å². The number of pyridine rings is 1. The van der Waals surface area contributed by atoms with Crippen molar-refractivity contribution in [3.63, 3.8) is 0 Å². The van der Waals surface area contributed by atoms with Gasteiger partial charge in [-0.25, -0.2) is 4.39 Å². The molecule has 0 saturated carbocycles. The number of rotatable bonds is 6. The van der Waals surface area contributed by atoms with Gasteiger partial charge in [0.05, 0.1) is 7.11 Å². The van der Waals surface area contributed by atoms with Gasteiger partial charge in [-0.15, -0.1) is 0 Å². The number of hydrogen-bond acceptors (Lipinski definition) is 7. The number of aromatic nitrogens is 3. The van der Waals surface area contributed by atoms with Crippen LogP contribution in [0.25, 0.3) is 11.0 Å². The van der Waals surface area contributed by atoms with Crippen LogP contribution in [0.4, 0.5) is 30.6 Å². The predicted octanol–water partition coefficient (Wildman–Crippen LogP) is 2.16. The molecule has 2 heterocycles. The first kappa shape index (κ1) is 19.3. The van der Waals surface area contributed by atoms with Gasteiger partial charge in [0.15, 0.2) is 12.1 Å². The van der Waals surface area contributed by atoms with Crippen molar-refractivity contribution in [2.45, 2.75) is 12.5 Å². The van der Waals surface area contributed by atoms with E-state index in [-0.39, 0.29) is 46.3 Å². The summed E-state index contributed by atoms with van der Waals surface area (Å²) in [6, 6.07) is 3.59. The number of nitrogen functional groups attached to an aromatic ring is 2. The van der Waals surface area contributed by atoms with E-state index in [1.165, 1.54) is 19.4 Å². The van der Waals surface area contributed by atoms with Crippen LogP contribution in [0.1, 0.15) is 11.1 Å². The van der Waals surface area contributed by atoms with Crippen LogP contribution in [0.5, 0.6) is 5.75 Å². The number of methoxy groups -OCH3 is 1. The molecule has 0 aliphatic heterocycles. The van der Waals surface area contributed by atoms with E-state index in [1.54, 1.807) is 0 Å². The Kier molecular flexibility index (Phi) is 4.99. The van der Waals surface area contributed by atoms with Gasteiger partial charge in [-0.3, -0.25) is 4.79 Å². The first-order valence-corrected chi connectivity index (χ1v) is 8.05. The van der Waals surface area contributed by atoms with Gasteiger partial charge in [0, 0.05) is 35.6 Å². The Hall–Kier alpha value is -3.50. The number of halogens is 3. The molecule has 0 aliphatic rings. The minimum atomic E-state index is -3.66. The summed E-state index contributed by atoms with van der Waals surface area (Å²) in [5, 5.41) is 2.92. The number of nitrogens with one attached hydrogen (secondary N) is 2. The second kappa shape index (κ2) is 7.25. The number of anilines is 3. The van der Waals surface area contributed by atoms with E-state index >= 15 is 0 Å². The molecule has 3 aromatic rings. The van der Waals surface area contributed by atoms with Crippen molar-refractivity contribution in [1.82, 2.24) is 15.0 Å². The molecule has 0 unspecified atom stereocenters. The zero-order valence-electron chi connectivity index (χ0n) is 14.7. The molecule has 11 heteroatoms. The molecule has 28 heavy (non-hydrogen) atoms. The minimum absolute atomic E-state index is 0.0249. The molecule has 0 spiro atoms. The SMILES string of the molecule is COc1cc(NCc2c[nH]c3nc(N)nc(N)c3c2=O)cc(C(F)(F)CF)c1. The maximum Gasteiger partial charge on any atom is 0.301 e. The molecule has 0 fully saturated rings. The summed E-state index contributed by atoms with van der Waals surface area (Å²) in [6.45, 7) is -1.87. The molecule has 2 aromatic heterocycles. The summed E-state index contributed by atoms with van der Waals surface area (Å²) in [4.78, 5) is 23.1. The van der Waals surface area contributed by atoms with Crippen molar-refractivity contribution in [1.29, 1.82) is 0 Å². The normalized spacial score (nSPS) is 11.6. The number of aromatic amines is 1. The molecule has 0 saturated heterocycles. The van der Waals surface area contributed by atoms with E-state index < -0.39 is 23.6 Å². The summed E-state index contributed by atoms with van der Waals surface area (Å²) in [6.07, 6.45) is 1.40. The van der Waals surface area contributed by atoms with Crippen LogP contribution < -0.4 is 26.9 Å². The highest BCUT2D eigenvalue weighted by atomic mass is 19.3. The fourth-order valence-corrected chi connectivity index (χ4v) is 2.64. The van der Waals surface area contributed by atoms with Gasteiger partial charge in [-0.1, -0.05) is 0 Å². The van der Waals surface area contributed by atoms with Gasteiger partial charge >= 0.3 is 5.92 Å². The number of benzene rings is 1. The van der Waals surface area contributed by atoms with Crippen LogP contribution in [-0.4, -0.2) is 28.7 Å². The zero-order valence-corrected chi connectivity index (χ0v) is 14.7. The van der Waals surface area contributed by atoms with Crippen LogP contribution in [0.15, 0.2) is 29.2 Å². The Morgan fingerprint density at radius 3 is 2.68 bits per heavy atom. The van der Waals surface area contributed by atoms with E-state index in [9.17, 15) is 18.0 Å². The highest BCUT2D eigenvalue weighted by Crippen LogP contribution is 2.33. The molecule has 0 atom stereocenters. The highest BCUT2D eigenvalue weighted by molar-refractivity contribution is 5.86. The van der Waals surface area contributed by atoms with Crippen LogP contribution in [0, 0.1) is 0 Å². The van der Waals surface area contributed by atoms with E-state index in [2.05, 4.69) is 20.3 Å². The molecular formula is C17H17F3N6O2. The number of alkyl halides is 3. The lowest BCUT2D eigenvalue weighted by Gasteiger charge is -2.16. The minimum Gasteiger partial charge on any atom is -0.497 e. The van der Waals surface area contributed by atoms with E-state index in [1.807, 2.05) is 0 Å². The second-order valence-corrected chi connectivity index (χ2v) is 5.98. The number of fused-ring (bicyclic) bond motifs is 1.